The molecule has 0 bridgehead atoms. The van der Waals surface area contributed by atoms with Crippen LogP contribution in [0.4, 0.5) is 0 Å². The zero-order valence-electron chi connectivity index (χ0n) is 25.1. The van der Waals surface area contributed by atoms with E-state index in [-0.39, 0.29) is 0 Å². The fraction of sp³-hybridized carbons (Fsp3) is 1.00. The number of rotatable bonds is 2. The predicted octanol–water partition coefficient (Wildman–Crippen LogP) is 9.65. The molecule has 7 atom stereocenters. The Balaban J connectivity index is 1.29. The molecular formula is C35H61BN2. The summed E-state index contributed by atoms with van der Waals surface area (Å²) in [5.41, 5.74) is 0. The lowest BCUT2D eigenvalue weighted by atomic mass is 9.19. The Kier molecular flexibility index (Phi) is 8.81. The Morgan fingerprint density at radius 1 is 0.316 bits per heavy atom. The van der Waals surface area contributed by atoms with Gasteiger partial charge in [-0.1, -0.05) is 116 Å². The molecule has 7 fully saturated rings. The summed E-state index contributed by atoms with van der Waals surface area (Å²) in [6.07, 6.45) is 39.8. The van der Waals surface area contributed by atoms with Crippen molar-refractivity contribution in [2.75, 3.05) is 0 Å². The maximum absolute atomic E-state index is 3.39. The van der Waals surface area contributed by atoms with Gasteiger partial charge in [0.2, 0.25) is 0 Å². The summed E-state index contributed by atoms with van der Waals surface area (Å²) < 4.78 is 0. The molecule has 3 heteroatoms. The van der Waals surface area contributed by atoms with Gasteiger partial charge in [-0.25, -0.2) is 0 Å². The van der Waals surface area contributed by atoms with E-state index in [1.807, 2.05) is 0 Å². The quantitative estimate of drug-likeness (QED) is 0.264. The van der Waals surface area contributed by atoms with Crippen molar-refractivity contribution in [3.8, 4) is 0 Å². The van der Waals surface area contributed by atoms with Crippen molar-refractivity contribution in [2.24, 2.45) is 0 Å². The lowest BCUT2D eigenvalue weighted by molar-refractivity contribution is -0.0405. The van der Waals surface area contributed by atoms with E-state index in [4.69, 9.17) is 0 Å². The monoisotopic (exact) mass is 520 g/mol. The third kappa shape index (κ3) is 5.09. The van der Waals surface area contributed by atoms with Crippen molar-refractivity contribution < 1.29 is 0 Å². The maximum atomic E-state index is 3.39. The summed E-state index contributed by atoms with van der Waals surface area (Å²) in [4.78, 5) is 6.76. The molecule has 5 saturated carbocycles. The minimum absolute atomic E-state index is 0.920. The fourth-order valence-electron chi connectivity index (χ4n) is 12.4. The largest absolute Gasteiger partial charge is 0.295 e. The molecule has 38 heavy (non-hydrogen) atoms. The Labute approximate surface area is 236 Å². The summed E-state index contributed by atoms with van der Waals surface area (Å²) in [7, 11) is 0. The molecule has 214 valence electrons. The molecule has 7 unspecified atom stereocenters. The minimum atomic E-state index is 0.920. The third-order valence-corrected chi connectivity index (χ3v) is 13.7. The van der Waals surface area contributed by atoms with Gasteiger partial charge in [-0.05, 0) is 68.8 Å². The highest BCUT2D eigenvalue weighted by atomic mass is 15.3. The van der Waals surface area contributed by atoms with E-state index < -0.39 is 0 Å². The van der Waals surface area contributed by atoms with Crippen LogP contribution < -0.4 is 0 Å². The van der Waals surface area contributed by atoms with Gasteiger partial charge in [0.05, 0.1) is 0 Å². The van der Waals surface area contributed by atoms with Crippen LogP contribution >= 0.6 is 0 Å². The van der Waals surface area contributed by atoms with Gasteiger partial charge < -0.3 is 0 Å². The smallest absolute Gasteiger partial charge is 0.156 e. The van der Waals surface area contributed by atoms with Crippen molar-refractivity contribution >= 4 is 6.71 Å². The van der Waals surface area contributed by atoms with Crippen LogP contribution in [-0.4, -0.2) is 52.8 Å². The van der Waals surface area contributed by atoms with Crippen molar-refractivity contribution in [2.45, 2.75) is 221 Å². The van der Waals surface area contributed by atoms with Crippen LogP contribution in [-0.2, 0) is 0 Å². The van der Waals surface area contributed by atoms with Gasteiger partial charge in [0, 0.05) is 36.3 Å². The van der Waals surface area contributed by atoms with Crippen LogP contribution in [0.1, 0.15) is 167 Å². The lowest BCUT2D eigenvalue weighted by Crippen LogP contribution is -2.72. The van der Waals surface area contributed by atoms with Crippen LogP contribution in [0.3, 0.4) is 0 Å². The Bertz CT molecular complexity index is 740. The van der Waals surface area contributed by atoms with Gasteiger partial charge in [0.1, 0.15) is 0 Å². The molecule has 5 aliphatic carbocycles. The predicted molar refractivity (Wildman–Crippen MR) is 163 cm³/mol. The zero-order chi connectivity index (χ0) is 25.3. The molecule has 7 rings (SSSR count). The molecular weight excluding hydrogens is 459 g/mol. The number of hydrogen-bond donors (Lipinski definition) is 0. The SMILES string of the molecule is C1CCCC(N2C3CCCCCC3B3C4CCCCCC4N(C4CCCCCC4)C4CCCC2C34)CCC1. The van der Waals surface area contributed by atoms with E-state index in [2.05, 4.69) is 9.80 Å². The second-order valence-corrected chi connectivity index (χ2v) is 15.5. The molecule has 7 aliphatic rings. The van der Waals surface area contributed by atoms with Crippen LogP contribution in [0, 0.1) is 0 Å². The number of fused-ring (bicyclic) bond motifs is 4. The van der Waals surface area contributed by atoms with Crippen molar-refractivity contribution in [3.05, 3.63) is 0 Å². The highest BCUT2D eigenvalue weighted by Crippen LogP contribution is 2.61. The topological polar surface area (TPSA) is 6.48 Å². The summed E-state index contributed by atoms with van der Waals surface area (Å²) in [5.74, 6) is 3.08. The molecule has 0 spiro atoms. The van der Waals surface area contributed by atoms with E-state index in [9.17, 15) is 0 Å². The standard InChI is InChI=1S/C35H61BN2/c1-2-8-17-27(18-9-3-1)37-31-23-14-6-12-21-29(31)36-30-22-13-7-15-24-32(30)38(28-19-10-4-5-11-20-28)34-26-16-25-33(37)35(34)36/h27-35H,1-26H2. The van der Waals surface area contributed by atoms with Crippen molar-refractivity contribution in [3.63, 3.8) is 0 Å². The first kappa shape index (κ1) is 26.9. The molecule has 0 aromatic heterocycles. The highest BCUT2D eigenvalue weighted by Gasteiger charge is 2.62. The van der Waals surface area contributed by atoms with Crippen LogP contribution in [0.5, 0.6) is 0 Å². The summed E-state index contributed by atoms with van der Waals surface area (Å²) in [5, 5.41) is 0. The van der Waals surface area contributed by atoms with Crippen molar-refractivity contribution in [1.29, 1.82) is 0 Å². The second kappa shape index (κ2) is 12.5. The highest BCUT2D eigenvalue weighted by molar-refractivity contribution is 6.65. The lowest BCUT2D eigenvalue weighted by Gasteiger charge is -2.67. The Morgan fingerprint density at radius 3 is 1.13 bits per heavy atom. The van der Waals surface area contributed by atoms with E-state index in [1.54, 1.807) is 51.4 Å². The summed E-state index contributed by atoms with van der Waals surface area (Å²) in [6, 6.07) is 5.60. The Morgan fingerprint density at radius 2 is 0.658 bits per heavy atom. The van der Waals surface area contributed by atoms with Crippen LogP contribution in [0.2, 0.25) is 17.5 Å². The number of hydrogen-bond acceptors (Lipinski definition) is 2. The molecule has 0 aromatic rings. The second-order valence-electron chi connectivity index (χ2n) is 15.5. The average molecular weight is 521 g/mol. The van der Waals surface area contributed by atoms with E-state index in [0.29, 0.717) is 0 Å². The first-order valence-corrected chi connectivity index (χ1v) is 18.5. The van der Waals surface area contributed by atoms with Crippen molar-refractivity contribution in [1.82, 2.24) is 9.80 Å². The first-order chi connectivity index (χ1) is 18.9. The minimum Gasteiger partial charge on any atom is -0.295 e. The summed E-state index contributed by atoms with van der Waals surface area (Å²) >= 11 is 0. The average Bonchev–Trinajstić information content (AvgIpc) is 3.43. The van der Waals surface area contributed by atoms with Gasteiger partial charge in [0.25, 0.3) is 0 Å². The molecule has 2 aliphatic heterocycles. The van der Waals surface area contributed by atoms with E-state index in [1.165, 1.54) is 116 Å². The van der Waals surface area contributed by atoms with E-state index >= 15 is 0 Å². The molecule has 2 nitrogen and oxygen atoms in total. The molecule has 0 radical (unpaired) electrons. The van der Waals surface area contributed by atoms with Crippen LogP contribution in [0.25, 0.3) is 0 Å². The molecule has 0 N–H and O–H groups in total. The fourth-order valence-corrected chi connectivity index (χ4v) is 12.4. The Hall–Kier alpha value is -0.0151. The van der Waals surface area contributed by atoms with Gasteiger partial charge in [-0.15, -0.1) is 0 Å². The van der Waals surface area contributed by atoms with Gasteiger partial charge in [-0.3, -0.25) is 9.80 Å². The first-order valence-electron chi connectivity index (χ1n) is 18.5. The summed E-state index contributed by atoms with van der Waals surface area (Å²) in [6.45, 7) is 1.07. The third-order valence-electron chi connectivity index (χ3n) is 13.7. The molecule has 0 aromatic carbocycles. The molecule has 2 heterocycles. The van der Waals surface area contributed by atoms with Gasteiger partial charge >= 0.3 is 0 Å². The van der Waals surface area contributed by atoms with Gasteiger partial charge in [-0.2, -0.15) is 0 Å². The van der Waals surface area contributed by atoms with E-state index in [0.717, 1.165) is 60.4 Å². The molecule has 2 saturated heterocycles. The zero-order valence-corrected chi connectivity index (χ0v) is 25.1. The number of nitrogens with zero attached hydrogens (tertiary/aromatic N) is 2. The van der Waals surface area contributed by atoms with Gasteiger partial charge in [0.15, 0.2) is 6.71 Å². The molecule has 0 amide bonds. The maximum Gasteiger partial charge on any atom is 0.156 e. The van der Waals surface area contributed by atoms with Crippen LogP contribution in [0.15, 0.2) is 0 Å². The normalized spacial score (nSPS) is 42.9.